The maximum absolute atomic E-state index is 14.0. The fourth-order valence-corrected chi connectivity index (χ4v) is 5.08. The Hall–Kier alpha value is -4.91. The predicted molar refractivity (Wildman–Crippen MR) is 137 cm³/mol. The Morgan fingerprint density at radius 1 is 0.703 bits per heavy atom. The molecular formula is C30H24N4O3+2. The monoisotopic (exact) mass is 488 g/mol. The average molecular weight is 489 g/mol. The highest BCUT2D eigenvalue weighted by Crippen LogP contribution is 2.43. The fourth-order valence-electron chi connectivity index (χ4n) is 5.08. The molecule has 0 unspecified atom stereocenters. The third kappa shape index (κ3) is 3.63. The zero-order valence-electron chi connectivity index (χ0n) is 20.5. The molecule has 0 spiro atoms. The summed E-state index contributed by atoms with van der Waals surface area (Å²) in [5.74, 6) is -0.987. The Morgan fingerprint density at radius 2 is 1.30 bits per heavy atom. The van der Waals surface area contributed by atoms with Gasteiger partial charge >= 0.3 is 0 Å². The van der Waals surface area contributed by atoms with E-state index in [1.807, 2.05) is 72.5 Å². The van der Waals surface area contributed by atoms with Crippen LogP contribution >= 0.6 is 0 Å². The Balaban J connectivity index is 1.58. The zero-order valence-corrected chi connectivity index (χ0v) is 20.5. The first-order valence-corrected chi connectivity index (χ1v) is 12.0. The first-order valence-electron chi connectivity index (χ1n) is 12.0. The van der Waals surface area contributed by atoms with E-state index in [1.54, 1.807) is 53.2 Å². The van der Waals surface area contributed by atoms with Crippen LogP contribution in [-0.2, 0) is 20.6 Å². The van der Waals surface area contributed by atoms with E-state index in [4.69, 9.17) is 0 Å². The van der Waals surface area contributed by atoms with Crippen LogP contribution in [0.2, 0.25) is 0 Å². The van der Waals surface area contributed by atoms with Gasteiger partial charge < -0.3 is 4.90 Å². The van der Waals surface area contributed by atoms with Crippen molar-refractivity contribution in [3.05, 3.63) is 131 Å². The van der Waals surface area contributed by atoms with Crippen LogP contribution in [0.25, 0.3) is 0 Å². The number of allylic oxidation sites excluding steroid dienone is 2. The highest BCUT2D eigenvalue weighted by molar-refractivity contribution is 6.32. The topological polar surface area (TPSA) is 65.5 Å². The second-order valence-corrected chi connectivity index (χ2v) is 9.25. The molecule has 0 N–H and O–H groups in total. The molecular weight excluding hydrogens is 464 g/mol. The lowest BCUT2D eigenvalue weighted by Crippen LogP contribution is -2.36. The van der Waals surface area contributed by atoms with Crippen LogP contribution in [0.4, 0.5) is 11.4 Å². The third-order valence-corrected chi connectivity index (χ3v) is 6.71. The summed E-state index contributed by atoms with van der Waals surface area (Å²) in [4.78, 5) is 45.0. The Bertz CT molecular complexity index is 1660. The molecule has 0 saturated heterocycles. The SMILES string of the molecule is C[n+]1cccc(CN2/C(=C3\C(=O)c4ccccc4N3C(=O)c3ccc[n+](C)c3)C(=O)c3ccccc32)c1. The number of pyridine rings is 2. The van der Waals surface area contributed by atoms with E-state index in [2.05, 4.69) is 0 Å². The predicted octanol–water partition coefficient (Wildman–Crippen LogP) is 3.29. The quantitative estimate of drug-likeness (QED) is 0.328. The molecule has 7 heteroatoms. The van der Waals surface area contributed by atoms with Gasteiger partial charge in [0.2, 0.25) is 11.6 Å². The lowest BCUT2D eigenvalue weighted by molar-refractivity contribution is -0.671. The largest absolute Gasteiger partial charge is 0.331 e. The van der Waals surface area contributed by atoms with Crippen molar-refractivity contribution in [1.29, 1.82) is 0 Å². The molecule has 2 aliphatic rings. The Morgan fingerprint density at radius 3 is 2.00 bits per heavy atom. The van der Waals surface area contributed by atoms with E-state index >= 15 is 0 Å². The van der Waals surface area contributed by atoms with E-state index in [-0.39, 0.29) is 28.9 Å². The number of carbonyl (C=O) groups is 3. The number of amides is 1. The summed E-state index contributed by atoms with van der Waals surface area (Å²) in [6.07, 6.45) is 7.45. The van der Waals surface area contributed by atoms with Crippen LogP contribution in [0.5, 0.6) is 0 Å². The number of hydrogen-bond acceptors (Lipinski definition) is 4. The smallest absolute Gasteiger partial charge is 0.269 e. The van der Waals surface area contributed by atoms with Crippen LogP contribution in [0, 0.1) is 0 Å². The van der Waals surface area contributed by atoms with Gasteiger partial charge in [-0.2, -0.15) is 0 Å². The molecule has 7 nitrogen and oxygen atoms in total. The Labute approximate surface area is 214 Å². The van der Waals surface area contributed by atoms with E-state index in [9.17, 15) is 14.4 Å². The van der Waals surface area contributed by atoms with Gasteiger partial charge in [-0.1, -0.05) is 24.3 Å². The standard InChI is InChI=1S/C30H24N4O3/c1-31-15-7-9-20(17-31)18-33-24-13-5-3-11-22(24)28(35)26(33)27-29(36)23-12-4-6-14-25(23)34(27)30(37)21-10-8-16-32(2)19-21/h3-17,19H,18H2,1-2H3/q+2/b27-26+. The molecule has 0 aliphatic carbocycles. The van der Waals surface area contributed by atoms with Crippen LogP contribution in [0.1, 0.15) is 36.6 Å². The first-order chi connectivity index (χ1) is 17.9. The van der Waals surface area contributed by atoms with Crippen LogP contribution in [0.3, 0.4) is 0 Å². The van der Waals surface area contributed by atoms with Gasteiger partial charge in [0.15, 0.2) is 24.8 Å². The molecule has 0 saturated carbocycles. The number of nitrogens with zero attached hydrogens (tertiary/aromatic N) is 4. The number of anilines is 2. The third-order valence-electron chi connectivity index (χ3n) is 6.71. The number of aryl methyl sites for hydroxylation is 2. The molecule has 0 fully saturated rings. The van der Waals surface area contributed by atoms with Crippen molar-refractivity contribution in [2.24, 2.45) is 14.1 Å². The van der Waals surface area contributed by atoms with Crippen molar-refractivity contribution in [2.45, 2.75) is 6.54 Å². The van der Waals surface area contributed by atoms with E-state index < -0.39 is 0 Å². The number of carbonyl (C=O) groups excluding carboxylic acids is 3. The summed E-state index contributed by atoms with van der Waals surface area (Å²) in [6, 6.07) is 21.7. The highest BCUT2D eigenvalue weighted by Gasteiger charge is 2.45. The second-order valence-electron chi connectivity index (χ2n) is 9.25. The van der Waals surface area contributed by atoms with Crippen molar-refractivity contribution < 1.29 is 23.5 Å². The minimum absolute atomic E-state index is 0.0826. The minimum Gasteiger partial charge on any atom is -0.331 e. The van der Waals surface area contributed by atoms with Gasteiger partial charge in [-0.3, -0.25) is 19.3 Å². The molecule has 4 heterocycles. The van der Waals surface area contributed by atoms with Gasteiger partial charge in [0.05, 0.1) is 17.9 Å². The van der Waals surface area contributed by atoms with Crippen LogP contribution in [-0.4, -0.2) is 17.5 Å². The molecule has 2 aliphatic heterocycles. The van der Waals surface area contributed by atoms with E-state index in [0.717, 1.165) is 5.56 Å². The van der Waals surface area contributed by atoms with Crippen LogP contribution in [0.15, 0.2) is 109 Å². The number of Topliss-reactive ketones (excluding diaryl/α,β-unsaturated/α-hetero) is 2. The average Bonchev–Trinajstić information content (AvgIpc) is 3.34. The Kier molecular flexibility index (Phi) is 5.26. The summed E-state index contributed by atoms with van der Waals surface area (Å²) < 4.78 is 3.72. The summed E-state index contributed by atoms with van der Waals surface area (Å²) >= 11 is 0. The second kappa shape index (κ2) is 8.64. The molecule has 0 radical (unpaired) electrons. The minimum atomic E-state index is -0.369. The number of ketones is 2. The zero-order chi connectivity index (χ0) is 25.7. The summed E-state index contributed by atoms with van der Waals surface area (Å²) in [6.45, 7) is 0.363. The lowest BCUT2D eigenvalue weighted by Gasteiger charge is -2.25. The molecule has 1 amide bonds. The van der Waals surface area contributed by atoms with Crippen molar-refractivity contribution in [1.82, 2.24) is 0 Å². The molecule has 37 heavy (non-hydrogen) atoms. The van der Waals surface area contributed by atoms with Crippen molar-refractivity contribution >= 4 is 28.8 Å². The number of fused-ring (bicyclic) bond motifs is 2. The van der Waals surface area contributed by atoms with Gasteiger partial charge in [0, 0.05) is 28.8 Å². The number of hydrogen-bond donors (Lipinski definition) is 0. The molecule has 2 aromatic carbocycles. The summed E-state index contributed by atoms with van der Waals surface area (Å²) in [7, 11) is 3.77. The van der Waals surface area contributed by atoms with Crippen molar-refractivity contribution in [3.63, 3.8) is 0 Å². The normalized spacial score (nSPS) is 16.3. The van der Waals surface area contributed by atoms with Gasteiger partial charge in [0.1, 0.15) is 31.1 Å². The molecule has 6 rings (SSSR count). The summed E-state index contributed by atoms with van der Waals surface area (Å²) in [5, 5.41) is 0. The van der Waals surface area contributed by atoms with E-state index in [1.165, 1.54) is 4.90 Å². The molecule has 4 aromatic rings. The van der Waals surface area contributed by atoms with Crippen molar-refractivity contribution in [2.75, 3.05) is 9.80 Å². The lowest BCUT2D eigenvalue weighted by atomic mass is 10.1. The highest BCUT2D eigenvalue weighted by atomic mass is 16.2. The summed E-state index contributed by atoms with van der Waals surface area (Å²) in [5.41, 5.74) is 3.76. The van der Waals surface area contributed by atoms with Gasteiger partial charge in [-0.25, -0.2) is 9.13 Å². The molecule has 2 aromatic heterocycles. The van der Waals surface area contributed by atoms with Gasteiger partial charge in [-0.15, -0.1) is 0 Å². The molecule has 0 atom stereocenters. The van der Waals surface area contributed by atoms with Gasteiger partial charge in [0.25, 0.3) is 5.91 Å². The van der Waals surface area contributed by atoms with Gasteiger partial charge in [-0.05, 0) is 36.4 Å². The number of aromatic nitrogens is 2. The molecule has 180 valence electrons. The number of para-hydroxylation sites is 2. The fraction of sp³-hybridized carbons (Fsp3) is 0.100. The first kappa shape index (κ1) is 22.5. The van der Waals surface area contributed by atoms with Crippen LogP contribution < -0.4 is 18.9 Å². The molecule has 0 bridgehead atoms. The number of rotatable bonds is 3. The maximum atomic E-state index is 14.0. The maximum Gasteiger partial charge on any atom is 0.269 e. The van der Waals surface area contributed by atoms with Crippen molar-refractivity contribution in [3.8, 4) is 0 Å². The van der Waals surface area contributed by atoms with E-state index in [0.29, 0.717) is 34.6 Å². The number of benzene rings is 2.